The maximum absolute atomic E-state index is 12.0. The van der Waals surface area contributed by atoms with Crippen LogP contribution in [0.5, 0.6) is 0 Å². The lowest BCUT2D eigenvalue weighted by Gasteiger charge is -2.19. The molecule has 0 aromatic carbocycles. The molecule has 0 spiro atoms. The van der Waals surface area contributed by atoms with E-state index in [9.17, 15) is 9.59 Å². The Labute approximate surface area is 109 Å². The lowest BCUT2D eigenvalue weighted by atomic mass is 9.97. The summed E-state index contributed by atoms with van der Waals surface area (Å²) in [4.78, 5) is 23.0. The van der Waals surface area contributed by atoms with Crippen molar-refractivity contribution >= 4 is 11.9 Å². The van der Waals surface area contributed by atoms with Crippen LogP contribution in [0.25, 0.3) is 0 Å². The molecule has 0 fully saturated rings. The Morgan fingerprint density at radius 2 is 1.89 bits per heavy atom. The highest BCUT2D eigenvalue weighted by Gasteiger charge is 2.23. The number of nitrogens with two attached hydrogens (primary N) is 1. The molecule has 0 aromatic heterocycles. The molecular formula is C13H26N2O3. The molecule has 0 aliphatic heterocycles. The smallest absolute Gasteiger partial charge is 0.326 e. The van der Waals surface area contributed by atoms with Gasteiger partial charge in [0.1, 0.15) is 6.04 Å². The molecule has 0 aromatic rings. The molecule has 0 saturated heterocycles. The second-order valence-corrected chi connectivity index (χ2v) is 4.58. The van der Waals surface area contributed by atoms with E-state index in [1.165, 1.54) is 0 Å². The molecule has 0 heterocycles. The second kappa shape index (κ2) is 9.88. The average Bonchev–Trinajstić information content (AvgIpc) is 2.34. The summed E-state index contributed by atoms with van der Waals surface area (Å²) in [6, 6.07) is -0.809. The highest BCUT2D eigenvalue weighted by Crippen LogP contribution is 2.13. The van der Waals surface area contributed by atoms with Crippen molar-refractivity contribution in [3.05, 3.63) is 0 Å². The van der Waals surface area contributed by atoms with E-state index in [1.54, 1.807) is 0 Å². The van der Waals surface area contributed by atoms with Gasteiger partial charge in [-0.05, 0) is 32.2 Å². The van der Waals surface area contributed by atoms with Crippen LogP contribution in [0, 0.1) is 5.92 Å². The Balaban J connectivity index is 4.32. The molecule has 0 bridgehead atoms. The third-order valence-electron chi connectivity index (χ3n) is 3.08. The number of carbonyl (C=O) groups excluding carboxylic acids is 1. The van der Waals surface area contributed by atoms with Gasteiger partial charge >= 0.3 is 5.97 Å². The van der Waals surface area contributed by atoms with Gasteiger partial charge in [0.25, 0.3) is 0 Å². The van der Waals surface area contributed by atoms with Gasteiger partial charge in [-0.3, -0.25) is 4.79 Å². The molecule has 0 rings (SSSR count). The summed E-state index contributed by atoms with van der Waals surface area (Å²) in [6.45, 7) is 4.47. The van der Waals surface area contributed by atoms with E-state index in [4.69, 9.17) is 10.8 Å². The van der Waals surface area contributed by atoms with Crippen LogP contribution in [-0.2, 0) is 9.59 Å². The Kier molecular flexibility index (Phi) is 9.28. The van der Waals surface area contributed by atoms with Crippen LogP contribution in [0.15, 0.2) is 0 Å². The Bertz CT molecular complexity index is 257. The molecule has 0 aliphatic carbocycles. The fourth-order valence-corrected chi connectivity index (χ4v) is 1.84. The minimum Gasteiger partial charge on any atom is -0.480 e. The number of amides is 1. The molecule has 18 heavy (non-hydrogen) atoms. The molecule has 0 aliphatic rings. The van der Waals surface area contributed by atoms with Gasteiger partial charge in [-0.1, -0.05) is 26.7 Å². The topological polar surface area (TPSA) is 92.4 Å². The van der Waals surface area contributed by atoms with E-state index < -0.39 is 12.0 Å². The lowest BCUT2D eigenvalue weighted by molar-refractivity contribution is -0.142. The van der Waals surface area contributed by atoms with Crippen LogP contribution < -0.4 is 11.1 Å². The lowest BCUT2D eigenvalue weighted by Crippen LogP contribution is -2.43. The number of carbonyl (C=O) groups is 2. The quantitative estimate of drug-likeness (QED) is 0.554. The van der Waals surface area contributed by atoms with Gasteiger partial charge in [0.2, 0.25) is 5.91 Å². The van der Waals surface area contributed by atoms with Gasteiger partial charge in [-0.15, -0.1) is 0 Å². The number of hydrogen-bond acceptors (Lipinski definition) is 3. The van der Waals surface area contributed by atoms with E-state index in [0.29, 0.717) is 19.4 Å². The van der Waals surface area contributed by atoms with Gasteiger partial charge < -0.3 is 16.2 Å². The number of unbranched alkanes of at least 4 members (excludes halogenated alkanes) is 1. The molecule has 0 saturated carbocycles. The van der Waals surface area contributed by atoms with Crippen molar-refractivity contribution in [2.24, 2.45) is 11.7 Å². The Morgan fingerprint density at radius 1 is 1.22 bits per heavy atom. The highest BCUT2D eigenvalue weighted by molar-refractivity contribution is 5.84. The van der Waals surface area contributed by atoms with Crippen LogP contribution in [0.4, 0.5) is 0 Å². The number of carboxylic acids is 1. The van der Waals surface area contributed by atoms with Gasteiger partial charge in [0.15, 0.2) is 0 Å². The summed E-state index contributed by atoms with van der Waals surface area (Å²) in [7, 11) is 0. The molecule has 5 heteroatoms. The van der Waals surface area contributed by atoms with Gasteiger partial charge in [-0.2, -0.15) is 0 Å². The zero-order chi connectivity index (χ0) is 14.0. The van der Waals surface area contributed by atoms with Crippen molar-refractivity contribution in [1.29, 1.82) is 0 Å². The number of nitrogens with one attached hydrogen (secondary N) is 1. The molecular weight excluding hydrogens is 232 g/mol. The fraction of sp³-hybridized carbons (Fsp3) is 0.846. The largest absolute Gasteiger partial charge is 0.480 e. The average molecular weight is 258 g/mol. The molecule has 0 radical (unpaired) electrons. The first kappa shape index (κ1) is 16.9. The van der Waals surface area contributed by atoms with Crippen molar-refractivity contribution < 1.29 is 14.7 Å². The van der Waals surface area contributed by atoms with E-state index in [0.717, 1.165) is 25.7 Å². The summed E-state index contributed by atoms with van der Waals surface area (Å²) in [5.41, 5.74) is 5.35. The van der Waals surface area contributed by atoms with Gasteiger partial charge in [-0.25, -0.2) is 4.79 Å². The fourth-order valence-electron chi connectivity index (χ4n) is 1.84. The van der Waals surface area contributed by atoms with Crippen molar-refractivity contribution in [2.45, 2.75) is 58.4 Å². The number of aliphatic carboxylic acids is 1. The maximum Gasteiger partial charge on any atom is 0.326 e. The molecule has 4 N–H and O–H groups in total. The predicted molar refractivity (Wildman–Crippen MR) is 71.2 cm³/mol. The molecule has 2 atom stereocenters. The van der Waals surface area contributed by atoms with Gasteiger partial charge in [0.05, 0.1) is 0 Å². The SMILES string of the molecule is CCCCC(CC)C(=O)NC(CCCN)C(=O)O. The first-order chi connectivity index (χ1) is 8.56. The summed E-state index contributed by atoms with van der Waals surface area (Å²) in [5, 5.41) is 11.6. The summed E-state index contributed by atoms with van der Waals surface area (Å²) in [6.07, 6.45) is 4.59. The van der Waals surface area contributed by atoms with Crippen molar-refractivity contribution in [2.75, 3.05) is 6.54 Å². The Hall–Kier alpha value is -1.10. The van der Waals surface area contributed by atoms with Crippen LogP contribution in [0.1, 0.15) is 52.4 Å². The molecule has 5 nitrogen and oxygen atoms in total. The van der Waals surface area contributed by atoms with Crippen molar-refractivity contribution in [1.82, 2.24) is 5.32 Å². The normalized spacial score (nSPS) is 13.9. The molecule has 1 amide bonds. The first-order valence-electron chi connectivity index (χ1n) is 6.80. The van der Waals surface area contributed by atoms with E-state index in [2.05, 4.69) is 12.2 Å². The van der Waals surface area contributed by atoms with Crippen LogP contribution in [0.2, 0.25) is 0 Å². The number of hydrogen-bond donors (Lipinski definition) is 3. The predicted octanol–water partition coefficient (Wildman–Crippen LogP) is 1.51. The summed E-state index contributed by atoms with van der Waals surface area (Å²) in [5.74, 6) is -1.21. The zero-order valence-electron chi connectivity index (χ0n) is 11.4. The standard InChI is InChI=1S/C13H26N2O3/c1-3-5-7-10(4-2)12(16)15-11(13(17)18)8-6-9-14/h10-11H,3-9,14H2,1-2H3,(H,15,16)(H,17,18). The number of carboxylic acid groups (broad SMARTS) is 1. The van der Waals surface area contributed by atoms with Gasteiger partial charge in [0, 0.05) is 5.92 Å². The monoisotopic (exact) mass is 258 g/mol. The second-order valence-electron chi connectivity index (χ2n) is 4.58. The minimum absolute atomic E-state index is 0.0790. The summed E-state index contributed by atoms with van der Waals surface area (Å²) < 4.78 is 0. The third-order valence-corrected chi connectivity index (χ3v) is 3.08. The van der Waals surface area contributed by atoms with Crippen LogP contribution in [0.3, 0.4) is 0 Å². The van der Waals surface area contributed by atoms with E-state index >= 15 is 0 Å². The molecule has 2 unspecified atom stereocenters. The zero-order valence-corrected chi connectivity index (χ0v) is 11.4. The molecule has 106 valence electrons. The number of rotatable bonds is 10. The third kappa shape index (κ3) is 6.59. The van der Waals surface area contributed by atoms with Crippen molar-refractivity contribution in [3.8, 4) is 0 Å². The highest BCUT2D eigenvalue weighted by atomic mass is 16.4. The minimum atomic E-state index is -0.984. The van der Waals surface area contributed by atoms with E-state index in [-0.39, 0.29) is 11.8 Å². The Morgan fingerprint density at radius 3 is 2.33 bits per heavy atom. The maximum atomic E-state index is 12.0. The van der Waals surface area contributed by atoms with Crippen LogP contribution in [-0.4, -0.2) is 29.6 Å². The van der Waals surface area contributed by atoms with E-state index in [1.807, 2.05) is 6.92 Å². The first-order valence-corrected chi connectivity index (χ1v) is 6.80. The summed E-state index contributed by atoms with van der Waals surface area (Å²) >= 11 is 0. The van der Waals surface area contributed by atoms with Crippen LogP contribution >= 0.6 is 0 Å². The van der Waals surface area contributed by atoms with Crippen molar-refractivity contribution in [3.63, 3.8) is 0 Å².